The van der Waals surface area contributed by atoms with E-state index in [9.17, 15) is 23.1 Å². The van der Waals surface area contributed by atoms with Crippen LogP contribution in [0.2, 0.25) is 0 Å². The number of anilines is 1. The predicted molar refractivity (Wildman–Crippen MR) is 175 cm³/mol. The number of nitrogens with zero attached hydrogens (tertiary/aromatic N) is 3. The Morgan fingerprint density at radius 1 is 0.956 bits per heavy atom. The molecule has 2 heterocycles. The molecule has 0 atom stereocenters. The quantitative estimate of drug-likeness (QED) is 0.218. The maximum atomic E-state index is 14.3. The number of hydrogen-bond acceptors (Lipinski definition) is 6. The minimum Gasteiger partial charge on any atom is -0.475 e. The van der Waals surface area contributed by atoms with Crippen LogP contribution in [-0.2, 0) is 27.8 Å². The van der Waals surface area contributed by atoms with Crippen LogP contribution in [0.3, 0.4) is 0 Å². The Hall–Kier alpha value is -4.15. The fourth-order valence-corrected chi connectivity index (χ4v) is 7.21. The number of aryl methyl sites for hydroxylation is 1. The van der Waals surface area contributed by atoms with Gasteiger partial charge in [0, 0.05) is 61.3 Å². The molecule has 0 spiro atoms. The number of para-hydroxylation sites is 1. The van der Waals surface area contributed by atoms with Gasteiger partial charge in [0.25, 0.3) is 0 Å². The van der Waals surface area contributed by atoms with Crippen LogP contribution in [0.15, 0.2) is 82.1 Å². The summed E-state index contributed by atoms with van der Waals surface area (Å²) < 4.78 is 35.6. The van der Waals surface area contributed by atoms with E-state index in [2.05, 4.69) is 4.90 Å². The van der Waals surface area contributed by atoms with Gasteiger partial charge in [0.15, 0.2) is 0 Å². The number of fused-ring (bicyclic) bond motifs is 1. The van der Waals surface area contributed by atoms with Crippen LogP contribution in [0.1, 0.15) is 54.4 Å². The first-order valence-electron chi connectivity index (χ1n) is 15.3. The number of amides is 1. The van der Waals surface area contributed by atoms with Crippen LogP contribution >= 0.6 is 0 Å². The lowest BCUT2D eigenvalue weighted by molar-refractivity contribution is -0.140. The Bertz CT molecular complexity index is 1790. The molecule has 3 aromatic carbocycles. The molecule has 1 N–H and O–H groups in total. The molecule has 45 heavy (non-hydrogen) atoms. The first kappa shape index (κ1) is 32.2. The number of carboxylic acid groups (broad SMARTS) is 1. The zero-order valence-corrected chi connectivity index (χ0v) is 27.1. The second-order valence-corrected chi connectivity index (χ2v) is 14.2. The molecule has 1 saturated heterocycles. The van der Waals surface area contributed by atoms with Gasteiger partial charge in [0.05, 0.1) is 4.90 Å². The van der Waals surface area contributed by atoms with Gasteiger partial charge in [0.2, 0.25) is 21.7 Å². The highest BCUT2D eigenvalue weighted by Gasteiger charge is 2.33. The van der Waals surface area contributed by atoms with E-state index >= 15 is 0 Å². The first-order chi connectivity index (χ1) is 21.4. The van der Waals surface area contributed by atoms with Crippen molar-refractivity contribution in [2.75, 3.05) is 37.6 Å². The molecule has 4 aromatic rings. The second kappa shape index (κ2) is 13.1. The van der Waals surface area contributed by atoms with Gasteiger partial charge < -0.3 is 19.3 Å². The van der Waals surface area contributed by atoms with Gasteiger partial charge in [-0.05, 0) is 55.2 Å². The molecule has 1 aliphatic rings. The highest BCUT2D eigenvalue weighted by molar-refractivity contribution is 7.89. The van der Waals surface area contributed by atoms with Crippen LogP contribution in [-0.4, -0.2) is 67.3 Å². The normalized spacial score (nSPS) is 14.3. The summed E-state index contributed by atoms with van der Waals surface area (Å²) in [6.45, 7) is 10.5. The van der Waals surface area contributed by atoms with Crippen molar-refractivity contribution < 1.29 is 27.5 Å². The van der Waals surface area contributed by atoms with Crippen LogP contribution in [0.4, 0.5) is 5.69 Å². The molecule has 10 heteroatoms. The van der Waals surface area contributed by atoms with E-state index in [4.69, 9.17) is 4.42 Å². The zero-order chi connectivity index (χ0) is 32.4. The molecule has 1 amide bonds. The summed E-state index contributed by atoms with van der Waals surface area (Å²) >= 11 is 0. The molecule has 1 aromatic heterocycles. The third kappa shape index (κ3) is 6.77. The Balaban J connectivity index is 1.44. The molecule has 0 unspecified atom stereocenters. The van der Waals surface area contributed by atoms with Gasteiger partial charge in [-0.25, -0.2) is 13.2 Å². The van der Waals surface area contributed by atoms with Crippen molar-refractivity contribution >= 4 is 38.6 Å². The Labute approximate surface area is 265 Å². The maximum Gasteiger partial charge on any atom is 0.372 e. The average molecular weight is 632 g/mol. The van der Waals surface area contributed by atoms with Crippen molar-refractivity contribution in [3.05, 3.63) is 95.2 Å². The van der Waals surface area contributed by atoms with Crippen LogP contribution in [0.5, 0.6) is 0 Å². The number of carbonyl (C=O) groups is 2. The number of hydrogen-bond donors (Lipinski definition) is 1. The molecule has 1 aliphatic heterocycles. The summed E-state index contributed by atoms with van der Waals surface area (Å²) in [6, 6.07) is 22.1. The Morgan fingerprint density at radius 3 is 2.29 bits per heavy atom. The summed E-state index contributed by atoms with van der Waals surface area (Å²) in [5.41, 5.74) is 3.15. The minimum atomic E-state index is -4.00. The van der Waals surface area contributed by atoms with Crippen molar-refractivity contribution in [1.29, 1.82) is 0 Å². The van der Waals surface area contributed by atoms with Gasteiger partial charge in [-0.3, -0.25) is 4.79 Å². The standard InChI is InChI=1S/C35H41N3O6S/c1-5-35(3,4)34(41)37-21-19-36(20-22-37)30-14-10-9-13-27(30)24-38(18-17-26-11-7-6-8-12-26)45(42,43)28-15-16-31-29(23-28)25(2)32(44-31)33(39)40/h6-16,23H,5,17-22,24H2,1-4H3,(H,39,40). The van der Waals surface area contributed by atoms with Crippen LogP contribution in [0.25, 0.3) is 11.0 Å². The van der Waals surface area contributed by atoms with Crippen LogP contribution in [0, 0.1) is 12.3 Å². The lowest BCUT2D eigenvalue weighted by Gasteiger charge is -2.40. The smallest absolute Gasteiger partial charge is 0.372 e. The van der Waals surface area contributed by atoms with E-state index in [1.807, 2.05) is 80.3 Å². The van der Waals surface area contributed by atoms with Gasteiger partial charge in [-0.15, -0.1) is 0 Å². The van der Waals surface area contributed by atoms with Crippen molar-refractivity contribution in [2.45, 2.75) is 52.0 Å². The SMILES string of the molecule is CCC(C)(C)C(=O)N1CCN(c2ccccc2CN(CCc2ccccc2)S(=O)(=O)c2ccc3oc(C(=O)O)c(C)c3c2)CC1. The first-order valence-corrected chi connectivity index (χ1v) is 16.8. The highest BCUT2D eigenvalue weighted by atomic mass is 32.2. The summed E-state index contributed by atoms with van der Waals surface area (Å²) in [7, 11) is -4.00. The molecule has 9 nitrogen and oxygen atoms in total. The molecule has 5 rings (SSSR count). The number of piperazine rings is 1. The molecular weight excluding hydrogens is 590 g/mol. The van der Waals surface area contributed by atoms with Crippen molar-refractivity contribution in [3.63, 3.8) is 0 Å². The minimum absolute atomic E-state index is 0.0760. The van der Waals surface area contributed by atoms with E-state index in [1.54, 1.807) is 6.92 Å². The van der Waals surface area contributed by atoms with Crippen molar-refractivity contribution in [2.24, 2.45) is 5.41 Å². The van der Waals surface area contributed by atoms with Gasteiger partial charge in [-0.1, -0.05) is 69.3 Å². The summed E-state index contributed by atoms with van der Waals surface area (Å²) in [6.07, 6.45) is 1.29. The fraction of sp³-hybridized carbons (Fsp3) is 0.371. The Kier molecular flexibility index (Phi) is 9.36. The van der Waals surface area contributed by atoms with E-state index in [0.717, 1.165) is 23.2 Å². The lowest BCUT2D eigenvalue weighted by Crippen LogP contribution is -2.52. The van der Waals surface area contributed by atoms with Gasteiger partial charge in [0.1, 0.15) is 5.58 Å². The van der Waals surface area contributed by atoms with E-state index in [-0.39, 0.29) is 29.7 Å². The molecule has 0 aliphatic carbocycles. The lowest BCUT2D eigenvalue weighted by atomic mass is 9.88. The molecular formula is C35H41N3O6S. The monoisotopic (exact) mass is 631 g/mol. The zero-order valence-electron chi connectivity index (χ0n) is 26.3. The Morgan fingerprint density at radius 2 is 1.62 bits per heavy atom. The highest BCUT2D eigenvalue weighted by Crippen LogP contribution is 2.31. The number of carboxylic acids is 1. The molecule has 1 fully saturated rings. The number of carbonyl (C=O) groups excluding carboxylic acids is 1. The van der Waals surface area contributed by atoms with Gasteiger partial charge >= 0.3 is 5.97 Å². The predicted octanol–water partition coefficient (Wildman–Crippen LogP) is 5.96. The average Bonchev–Trinajstić information content (AvgIpc) is 3.39. The maximum absolute atomic E-state index is 14.3. The summed E-state index contributed by atoms with van der Waals surface area (Å²) in [4.78, 5) is 28.9. The third-order valence-corrected chi connectivity index (χ3v) is 10.8. The molecule has 0 saturated carbocycles. The summed E-state index contributed by atoms with van der Waals surface area (Å²) in [5, 5.41) is 9.96. The summed E-state index contributed by atoms with van der Waals surface area (Å²) in [5.74, 6) is -1.24. The number of rotatable bonds is 11. The van der Waals surface area contributed by atoms with Crippen molar-refractivity contribution in [1.82, 2.24) is 9.21 Å². The van der Waals surface area contributed by atoms with Gasteiger partial charge in [-0.2, -0.15) is 4.31 Å². The van der Waals surface area contributed by atoms with Crippen LogP contribution < -0.4 is 4.90 Å². The van der Waals surface area contributed by atoms with E-state index in [0.29, 0.717) is 49.1 Å². The van der Waals surface area contributed by atoms with Crippen molar-refractivity contribution in [3.8, 4) is 0 Å². The second-order valence-electron chi connectivity index (χ2n) is 12.2. The van der Waals surface area contributed by atoms with E-state index < -0.39 is 21.4 Å². The van der Waals surface area contributed by atoms with E-state index in [1.165, 1.54) is 22.5 Å². The third-order valence-electron chi connectivity index (χ3n) is 8.94. The molecule has 0 radical (unpaired) electrons. The largest absolute Gasteiger partial charge is 0.475 e. The molecule has 0 bridgehead atoms. The number of benzene rings is 3. The molecule has 238 valence electrons. The number of aromatic carboxylic acids is 1. The fourth-order valence-electron chi connectivity index (χ4n) is 5.77. The number of furan rings is 1. The number of sulfonamides is 1. The topological polar surface area (TPSA) is 111 Å².